The van der Waals surface area contributed by atoms with Crippen molar-refractivity contribution in [3.63, 3.8) is 0 Å². The Kier molecular flexibility index (Phi) is 5.44. The summed E-state index contributed by atoms with van der Waals surface area (Å²) in [6.45, 7) is 0. The number of aldehydes is 1. The van der Waals surface area contributed by atoms with Gasteiger partial charge in [-0.3, -0.25) is 19.7 Å². The molecule has 8 heteroatoms. The SMILES string of the molecule is CON(c1ccc(C=O)cc1)c1nccc(-c2ccc(Cl)cc2)c1[N+](=O)[O-]. The molecule has 0 bridgehead atoms. The fraction of sp³-hybridized carbons (Fsp3) is 0.0526. The minimum Gasteiger partial charge on any atom is -0.298 e. The number of pyridine rings is 1. The fourth-order valence-corrected chi connectivity index (χ4v) is 2.76. The van der Waals surface area contributed by atoms with Crippen LogP contribution in [0.1, 0.15) is 10.4 Å². The van der Waals surface area contributed by atoms with Crippen LogP contribution in [0.5, 0.6) is 0 Å². The number of rotatable bonds is 6. The average molecular weight is 384 g/mol. The molecule has 3 rings (SSSR count). The molecule has 7 nitrogen and oxygen atoms in total. The third kappa shape index (κ3) is 3.79. The molecular weight excluding hydrogens is 370 g/mol. The fourth-order valence-electron chi connectivity index (χ4n) is 2.64. The van der Waals surface area contributed by atoms with Crippen LogP contribution in [-0.2, 0) is 4.84 Å². The van der Waals surface area contributed by atoms with Gasteiger partial charge in [0, 0.05) is 16.8 Å². The lowest BCUT2D eigenvalue weighted by atomic mass is 10.0. The maximum Gasteiger partial charge on any atom is 0.321 e. The van der Waals surface area contributed by atoms with Gasteiger partial charge in [0.05, 0.1) is 23.3 Å². The van der Waals surface area contributed by atoms with Crippen LogP contribution in [0.25, 0.3) is 11.1 Å². The minimum atomic E-state index is -0.502. The van der Waals surface area contributed by atoms with Crippen LogP contribution in [0, 0.1) is 10.1 Å². The van der Waals surface area contributed by atoms with Crippen molar-refractivity contribution in [3.8, 4) is 11.1 Å². The summed E-state index contributed by atoms with van der Waals surface area (Å²) < 4.78 is 0. The first-order valence-corrected chi connectivity index (χ1v) is 8.21. The second-order valence-electron chi connectivity index (χ2n) is 5.48. The summed E-state index contributed by atoms with van der Waals surface area (Å²) in [6.07, 6.45) is 2.18. The van der Waals surface area contributed by atoms with E-state index in [0.717, 1.165) is 0 Å². The van der Waals surface area contributed by atoms with Gasteiger partial charge in [0.2, 0.25) is 5.82 Å². The molecule has 27 heavy (non-hydrogen) atoms. The van der Waals surface area contributed by atoms with E-state index in [1.165, 1.54) is 18.4 Å². The summed E-state index contributed by atoms with van der Waals surface area (Å²) in [6, 6.07) is 14.7. The third-order valence-electron chi connectivity index (χ3n) is 3.88. The first-order valence-electron chi connectivity index (χ1n) is 7.84. The van der Waals surface area contributed by atoms with Crippen molar-refractivity contribution in [2.45, 2.75) is 0 Å². The van der Waals surface area contributed by atoms with Crippen molar-refractivity contribution in [1.29, 1.82) is 0 Å². The molecule has 0 N–H and O–H groups in total. The summed E-state index contributed by atoms with van der Waals surface area (Å²) in [5.41, 5.74) is 1.77. The number of nitro groups is 1. The van der Waals surface area contributed by atoms with Crippen LogP contribution in [0.2, 0.25) is 5.02 Å². The number of hydrogen-bond acceptors (Lipinski definition) is 6. The van der Waals surface area contributed by atoms with Crippen LogP contribution in [0.3, 0.4) is 0 Å². The van der Waals surface area contributed by atoms with E-state index in [1.54, 1.807) is 54.6 Å². The molecule has 0 fully saturated rings. The van der Waals surface area contributed by atoms with E-state index < -0.39 is 4.92 Å². The maximum absolute atomic E-state index is 11.8. The Hall–Kier alpha value is -3.29. The Morgan fingerprint density at radius 1 is 1.11 bits per heavy atom. The van der Waals surface area contributed by atoms with E-state index in [9.17, 15) is 14.9 Å². The quantitative estimate of drug-likeness (QED) is 0.344. The predicted molar refractivity (Wildman–Crippen MR) is 102 cm³/mol. The molecule has 0 aliphatic carbocycles. The standard InChI is InChI=1S/C19H14ClN3O4/c1-27-22(16-8-2-13(12-24)3-9-16)19-18(23(25)26)17(10-11-21-19)14-4-6-15(20)7-5-14/h2-12H,1H3. The van der Waals surface area contributed by atoms with Gasteiger partial charge in [0.15, 0.2) is 0 Å². The van der Waals surface area contributed by atoms with Crippen LogP contribution in [0.4, 0.5) is 17.2 Å². The van der Waals surface area contributed by atoms with E-state index in [1.807, 2.05) is 0 Å². The monoisotopic (exact) mass is 383 g/mol. The van der Waals surface area contributed by atoms with E-state index in [0.29, 0.717) is 33.7 Å². The number of hydrogen-bond donors (Lipinski definition) is 0. The van der Waals surface area contributed by atoms with Crippen molar-refractivity contribution in [3.05, 3.63) is 81.5 Å². The molecule has 0 radical (unpaired) electrons. The van der Waals surface area contributed by atoms with E-state index in [4.69, 9.17) is 16.4 Å². The molecule has 0 aliphatic heterocycles. The number of aromatic nitrogens is 1. The van der Waals surface area contributed by atoms with Crippen LogP contribution < -0.4 is 5.06 Å². The summed E-state index contributed by atoms with van der Waals surface area (Å²) in [7, 11) is 1.38. The number of benzene rings is 2. The molecule has 136 valence electrons. The van der Waals surface area contributed by atoms with Crippen molar-refractivity contribution in [2.75, 3.05) is 12.2 Å². The highest BCUT2D eigenvalue weighted by Gasteiger charge is 2.27. The first kappa shape index (κ1) is 18.5. The summed E-state index contributed by atoms with van der Waals surface area (Å²) in [5.74, 6) is 0.0220. The van der Waals surface area contributed by atoms with Gasteiger partial charge in [-0.05, 0) is 48.0 Å². The first-order chi connectivity index (χ1) is 13.0. The molecule has 0 atom stereocenters. The van der Waals surface area contributed by atoms with E-state index in [2.05, 4.69) is 4.98 Å². The molecule has 3 aromatic rings. The van der Waals surface area contributed by atoms with E-state index >= 15 is 0 Å². The summed E-state index contributed by atoms with van der Waals surface area (Å²) in [4.78, 5) is 31.7. The highest BCUT2D eigenvalue weighted by Crippen LogP contribution is 2.39. The Balaban J connectivity index is 2.15. The lowest BCUT2D eigenvalue weighted by Gasteiger charge is -2.21. The number of halogens is 1. The Bertz CT molecular complexity index is 975. The third-order valence-corrected chi connectivity index (χ3v) is 4.13. The van der Waals surface area contributed by atoms with Crippen LogP contribution >= 0.6 is 11.6 Å². The number of anilines is 2. The van der Waals surface area contributed by atoms with E-state index in [-0.39, 0.29) is 11.5 Å². The lowest BCUT2D eigenvalue weighted by Crippen LogP contribution is -2.18. The van der Waals surface area contributed by atoms with Gasteiger partial charge in [0.25, 0.3) is 0 Å². The number of nitrogens with zero attached hydrogens (tertiary/aromatic N) is 3. The Labute approximate surface area is 159 Å². The minimum absolute atomic E-state index is 0.0220. The van der Waals surface area contributed by atoms with Crippen molar-refractivity contribution < 1.29 is 14.6 Å². The molecule has 1 heterocycles. The number of carbonyl (C=O) groups excluding carboxylic acids is 1. The topological polar surface area (TPSA) is 85.6 Å². The van der Waals surface area contributed by atoms with Gasteiger partial charge in [-0.15, -0.1) is 0 Å². The van der Waals surface area contributed by atoms with Gasteiger partial charge in [-0.1, -0.05) is 23.7 Å². The van der Waals surface area contributed by atoms with Gasteiger partial charge in [0.1, 0.15) is 6.29 Å². The largest absolute Gasteiger partial charge is 0.321 e. The van der Waals surface area contributed by atoms with Gasteiger partial charge >= 0.3 is 5.69 Å². The van der Waals surface area contributed by atoms with Crippen molar-refractivity contribution >= 4 is 35.1 Å². The van der Waals surface area contributed by atoms with Crippen molar-refractivity contribution in [1.82, 2.24) is 4.98 Å². The molecule has 0 spiro atoms. The molecule has 2 aromatic carbocycles. The molecule has 0 aliphatic rings. The second kappa shape index (κ2) is 7.94. The zero-order chi connectivity index (χ0) is 19.4. The number of carbonyl (C=O) groups is 1. The van der Waals surface area contributed by atoms with Crippen LogP contribution in [0.15, 0.2) is 60.8 Å². The maximum atomic E-state index is 11.8. The van der Waals surface area contributed by atoms with Crippen LogP contribution in [-0.4, -0.2) is 23.3 Å². The molecule has 0 amide bonds. The Morgan fingerprint density at radius 2 is 1.78 bits per heavy atom. The Morgan fingerprint density at radius 3 is 2.33 bits per heavy atom. The average Bonchev–Trinajstić information content (AvgIpc) is 2.69. The highest BCUT2D eigenvalue weighted by atomic mass is 35.5. The molecule has 0 unspecified atom stereocenters. The molecule has 1 aromatic heterocycles. The van der Waals surface area contributed by atoms with Crippen molar-refractivity contribution in [2.24, 2.45) is 0 Å². The zero-order valence-corrected chi connectivity index (χ0v) is 15.0. The summed E-state index contributed by atoms with van der Waals surface area (Å²) in [5, 5.41) is 13.6. The highest BCUT2D eigenvalue weighted by molar-refractivity contribution is 6.30. The predicted octanol–water partition coefficient (Wildman–Crippen LogP) is 4.82. The lowest BCUT2D eigenvalue weighted by molar-refractivity contribution is -0.383. The zero-order valence-electron chi connectivity index (χ0n) is 14.2. The summed E-state index contributed by atoms with van der Waals surface area (Å²) >= 11 is 5.91. The smallest absolute Gasteiger partial charge is 0.298 e. The van der Waals surface area contributed by atoms with Gasteiger partial charge < -0.3 is 0 Å². The molecular formula is C19H14ClN3O4. The van der Waals surface area contributed by atoms with Gasteiger partial charge in [-0.25, -0.2) is 4.98 Å². The van der Waals surface area contributed by atoms with Gasteiger partial charge in [-0.2, -0.15) is 5.06 Å². The second-order valence-corrected chi connectivity index (χ2v) is 5.92. The molecule has 0 saturated heterocycles. The molecule has 0 saturated carbocycles. The normalized spacial score (nSPS) is 10.4.